The summed E-state index contributed by atoms with van der Waals surface area (Å²) >= 11 is 2.16. The first-order valence-corrected chi connectivity index (χ1v) is 9.52. The predicted octanol–water partition coefficient (Wildman–Crippen LogP) is 2.66. The number of rotatable bonds is 6. The maximum atomic E-state index is 12.8. The molecule has 1 heterocycles. The summed E-state index contributed by atoms with van der Waals surface area (Å²) in [6, 6.07) is 9.56. The van der Waals surface area contributed by atoms with E-state index in [1.165, 1.54) is 4.90 Å². The van der Waals surface area contributed by atoms with E-state index in [1.807, 2.05) is 30.3 Å². The molecule has 1 atom stereocenters. The summed E-state index contributed by atoms with van der Waals surface area (Å²) in [7, 11) is 1.66. The number of amides is 1. The van der Waals surface area contributed by atoms with Gasteiger partial charge in [-0.1, -0.05) is 30.3 Å². The van der Waals surface area contributed by atoms with Crippen LogP contribution in [0.4, 0.5) is 0 Å². The predicted molar refractivity (Wildman–Crippen MR) is 105 cm³/mol. The highest BCUT2D eigenvalue weighted by Crippen LogP contribution is 2.39. The van der Waals surface area contributed by atoms with E-state index in [1.54, 1.807) is 20.9 Å². The zero-order valence-electron chi connectivity index (χ0n) is 15.0. The van der Waals surface area contributed by atoms with Crippen molar-refractivity contribution in [3.63, 3.8) is 0 Å². The molecule has 0 aromatic heterocycles. The van der Waals surface area contributed by atoms with Gasteiger partial charge in [0, 0.05) is 17.2 Å². The second-order valence-electron chi connectivity index (χ2n) is 5.86. The Balaban J connectivity index is 2.53. The summed E-state index contributed by atoms with van der Waals surface area (Å²) < 4.78 is 11.0. The van der Waals surface area contributed by atoms with Gasteiger partial charge in [-0.15, -0.1) is 0 Å². The number of hydrogen-bond acceptors (Lipinski definition) is 5. The SMILES string of the molecule is CCOC(=O)C(C(=O)OCC)C1C(=O)N(C)C/C1=C(\I)c1ccccc1. The third-order valence-corrected chi connectivity index (χ3v) is 5.46. The highest BCUT2D eigenvalue weighted by molar-refractivity contribution is 14.1. The number of benzene rings is 1. The second-order valence-corrected chi connectivity index (χ2v) is 6.94. The lowest BCUT2D eigenvalue weighted by Crippen LogP contribution is -2.39. The van der Waals surface area contributed by atoms with E-state index in [9.17, 15) is 14.4 Å². The molecule has 0 spiro atoms. The summed E-state index contributed by atoms with van der Waals surface area (Å²) in [6.07, 6.45) is 0. The van der Waals surface area contributed by atoms with Crippen molar-refractivity contribution >= 4 is 44.0 Å². The Bertz CT molecular complexity index is 698. The zero-order valence-corrected chi connectivity index (χ0v) is 17.2. The van der Waals surface area contributed by atoms with Crippen LogP contribution in [0.15, 0.2) is 35.9 Å². The zero-order chi connectivity index (χ0) is 19.3. The van der Waals surface area contributed by atoms with Gasteiger partial charge in [-0.2, -0.15) is 0 Å². The number of halogens is 1. The van der Waals surface area contributed by atoms with Gasteiger partial charge in [-0.3, -0.25) is 14.4 Å². The maximum absolute atomic E-state index is 12.8. The molecule has 1 amide bonds. The number of likely N-dealkylation sites (N-methyl/N-ethyl adjacent to an activating group) is 1. The molecule has 1 aromatic carbocycles. The molecule has 140 valence electrons. The van der Waals surface area contributed by atoms with Crippen molar-refractivity contribution in [2.24, 2.45) is 11.8 Å². The summed E-state index contributed by atoms with van der Waals surface area (Å²) in [4.78, 5) is 39.3. The van der Waals surface area contributed by atoms with Gasteiger partial charge in [0.15, 0.2) is 5.92 Å². The van der Waals surface area contributed by atoms with Crippen molar-refractivity contribution in [3.05, 3.63) is 41.5 Å². The van der Waals surface area contributed by atoms with Crippen LogP contribution < -0.4 is 0 Å². The maximum Gasteiger partial charge on any atom is 0.321 e. The van der Waals surface area contributed by atoms with Crippen LogP contribution in [0, 0.1) is 11.8 Å². The van der Waals surface area contributed by atoms with Crippen LogP contribution in [-0.4, -0.2) is 49.6 Å². The summed E-state index contributed by atoms with van der Waals surface area (Å²) in [6.45, 7) is 3.92. The monoisotopic (exact) mass is 471 g/mol. The van der Waals surface area contributed by atoms with Gasteiger partial charge in [-0.25, -0.2) is 0 Å². The molecule has 1 saturated heterocycles. The molecule has 0 saturated carbocycles. The third kappa shape index (κ3) is 4.25. The number of esters is 2. The van der Waals surface area contributed by atoms with E-state index in [0.717, 1.165) is 14.7 Å². The standard InChI is InChI=1S/C19H22INO5/c1-4-25-18(23)15(19(24)26-5-2)14-13(11-21(3)17(14)22)16(20)12-9-7-6-8-10-12/h6-10,14-15H,4-5,11H2,1-3H3/b16-13+. The number of nitrogens with zero attached hydrogens (tertiary/aromatic N) is 1. The molecule has 1 aromatic rings. The van der Waals surface area contributed by atoms with Crippen LogP contribution in [0.3, 0.4) is 0 Å². The highest BCUT2D eigenvalue weighted by Gasteiger charge is 2.49. The summed E-state index contributed by atoms with van der Waals surface area (Å²) in [5, 5.41) is 0. The fourth-order valence-corrected chi connectivity index (χ4v) is 3.84. The van der Waals surface area contributed by atoms with Crippen LogP contribution in [0.2, 0.25) is 0 Å². The molecule has 7 heteroatoms. The molecule has 0 radical (unpaired) electrons. The van der Waals surface area contributed by atoms with Crippen molar-refractivity contribution < 1.29 is 23.9 Å². The molecule has 6 nitrogen and oxygen atoms in total. The van der Waals surface area contributed by atoms with Crippen molar-refractivity contribution in [2.45, 2.75) is 13.8 Å². The van der Waals surface area contributed by atoms with Crippen molar-refractivity contribution in [1.82, 2.24) is 4.90 Å². The molecule has 1 aliphatic rings. The number of hydrogen-bond donors (Lipinski definition) is 0. The molecular weight excluding hydrogens is 449 g/mol. The van der Waals surface area contributed by atoms with Crippen LogP contribution in [0.1, 0.15) is 19.4 Å². The lowest BCUT2D eigenvalue weighted by Gasteiger charge is -2.21. The van der Waals surface area contributed by atoms with Crippen molar-refractivity contribution in [1.29, 1.82) is 0 Å². The number of likely N-dealkylation sites (tertiary alicyclic amines) is 1. The van der Waals surface area contributed by atoms with Crippen molar-refractivity contribution in [3.8, 4) is 0 Å². The summed E-state index contributed by atoms with van der Waals surface area (Å²) in [5.74, 6) is -3.94. The molecule has 26 heavy (non-hydrogen) atoms. The second kappa shape index (κ2) is 9.16. The van der Waals surface area contributed by atoms with Gasteiger partial charge < -0.3 is 14.4 Å². The molecule has 0 bridgehead atoms. The van der Waals surface area contributed by atoms with E-state index in [0.29, 0.717) is 6.54 Å². The Kier molecular flexibility index (Phi) is 7.19. The molecule has 2 rings (SSSR count). The van der Waals surface area contributed by atoms with E-state index in [2.05, 4.69) is 22.6 Å². The minimum absolute atomic E-state index is 0.125. The lowest BCUT2D eigenvalue weighted by atomic mass is 9.86. The van der Waals surface area contributed by atoms with Crippen LogP contribution in [-0.2, 0) is 23.9 Å². The normalized spacial score (nSPS) is 18.9. The fraction of sp³-hybridized carbons (Fsp3) is 0.421. The first-order chi connectivity index (χ1) is 12.4. The summed E-state index contributed by atoms with van der Waals surface area (Å²) in [5.41, 5.74) is 1.66. The Morgan fingerprint density at radius 2 is 1.69 bits per heavy atom. The first kappa shape index (κ1) is 20.4. The Morgan fingerprint density at radius 1 is 1.15 bits per heavy atom. The fourth-order valence-electron chi connectivity index (χ4n) is 2.97. The van der Waals surface area contributed by atoms with Crippen LogP contribution >= 0.6 is 22.6 Å². The van der Waals surface area contributed by atoms with E-state index >= 15 is 0 Å². The Hall–Kier alpha value is -1.90. The molecule has 0 aliphatic carbocycles. The highest BCUT2D eigenvalue weighted by atomic mass is 127. The molecule has 1 unspecified atom stereocenters. The largest absolute Gasteiger partial charge is 0.465 e. The van der Waals surface area contributed by atoms with Gasteiger partial charge in [0.1, 0.15) is 0 Å². The molecule has 1 fully saturated rings. The number of ether oxygens (including phenoxy) is 2. The third-order valence-electron chi connectivity index (χ3n) is 4.15. The molecule has 1 aliphatic heterocycles. The average molecular weight is 471 g/mol. The van der Waals surface area contributed by atoms with Gasteiger partial charge in [0.2, 0.25) is 5.91 Å². The quantitative estimate of drug-likeness (QED) is 0.363. The molecule has 0 N–H and O–H groups in total. The van der Waals surface area contributed by atoms with Gasteiger partial charge in [0.25, 0.3) is 0 Å². The van der Waals surface area contributed by atoms with Crippen LogP contribution in [0.25, 0.3) is 3.58 Å². The number of carbonyl (C=O) groups is 3. The lowest BCUT2D eigenvalue weighted by molar-refractivity contribution is -0.165. The van der Waals surface area contributed by atoms with Gasteiger partial charge >= 0.3 is 11.9 Å². The topological polar surface area (TPSA) is 72.9 Å². The van der Waals surface area contributed by atoms with Crippen molar-refractivity contribution in [2.75, 3.05) is 26.8 Å². The minimum atomic E-state index is -1.30. The first-order valence-electron chi connectivity index (χ1n) is 8.44. The van der Waals surface area contributed by atoms with E-state index in [-0.39, 0.29) is 19.1 Å². The van der Waals surface area contributed by atoms with Crippen LogP contribution in [0.5, 0.6) is 0 Å². The van der Waals surface area contributed by atoms with E-state index in [4.69, 9.17) is 9.47 Å². The number of carbonyl (C=O) groups excluding carboxylic acids is 3. The smallest absolute Gasteiger partial charge is 0.321 e. The van der Waals surface area contributed by atoms with E-state index < -0.39 is 23.8 Å². The van der Waals surface area contributed by atoms with Gasteiger partial charge in [-0.05, 0) is 47.6 Å². The minimum Gasteiger partial charge on any atom is -0.465 e. The Labute approximate surface area is 166 Å². The molecular formula is C19H22INO5. The average Bonchev–Trinajstić information content (AvgIpc) is 2.91. The Morgan fingerprint density at radius 3 is 2.19 bits per heavy atom. The van der Waals surface area contributed by atoms with Gasteiger partial charge in [0.05, 0.1) is 19.1 Å².